The molecule has 3 heterocycles. The number of carbonyl (C=O) groups is 1. The molecule has 2 aliphatic carbocycles. The summed E-state index contributed by atoms with van der Waals surface area (Å²) in [6, 6.07) is 4.00. The molecule has 8 heteroatoms. The van der Waals surface area contributed by atoms with Crippen LogP contribution in [0.2, 0.25) is 0 Å². The van der Waals surface area contributed by atoms with Crippen LogP contribution in [0.25, 0.3) is 11.3 Å². The lowest BCUT2D eigenvalue weighted by Gasteiger charge is -2.37. The molecule has 0 bridgehead atoms. The number of hydrogen-bond acceptors (Lipinski definition) is 6. The highest BCUT2D eigenvalue weighted by Crippen LogP contribution is 2.43. The quantitative estimate of drug-likeness (QED) is 0.748. The van der Waals surface area contributed by atoms with Crippen LogP contribution in [0.5, 0.6) is 0 Å². The fourth-order valence-electron chi connectivity index (χ4n) is 4.94. The van der Waals surface area contributed by atoms with Gasteiger partial charge < -0.3 is 14.7 Å². The van der Waals surface area contributed by atoms with E-state index in [0.717, 1.165) is 43.8 Å². The lowest BCUT2D eigenvalue weighted by atomic mass is 9.77. The van der Waals surface area contributed by atoms with Gasteiger partial charge in [-0.1, -0.05) is 5.21 Å². The zero-order valence-electron chi connectivity index (χ0n) is 17.1. The van der Waals surface area contributed by atoms with Crippen LogP contribution in [0.15, 0.2) is 30.7 Å². The molecule has 0 spiro atoms. The van der Waals surface area contributed by atoms with Crippen molar-refractivity contribution in [3.8, 4) is 11.3 Å². The summed E-state index contributed by atoms with van der Waals surface area (Å²) in [4.78, 5) is 18.3. The first kappa shape index (κ1) is 19.6. The molecule has 1 N–H and O–H groups in total. The van der Waals surface area contributed by atoms with Crippen molar-refractivity contribution < 1.29 is 14.6 Å². The lowest BCUT2D eigenvalue weighted by molar-refractivity contribution is -0.131. The molecule has 3 aliphatic rings. The average Bonchev–Trinajstić information content (AvgIpc) is 3.30. The van der Waals surface area contributed by atoms with Gasteiger partial charge in [0.15, 0.2) is 0 Å². The van der Waals surface area contributed by atoms with Gasteiger partial charge in [-0.25, -0.2) is 4.68 Å². The van der Waals surface area contributed by atoms with Gasteiger partial charge in [-0.15, -0.1) is 5.10 Å². The molecule has 0 unspecified atom stereocenters. The second-order valence-corrected chi connectivity index (χ2v) is 8.97. The van der Waals surface area contributed by atoms with Crippen LogP contribution in [-0.2, 0) is 9.53 Å². The molecule has 3 fully saturated rings. The van der Waals surface area contributed by atoms with Crippen molar-refractivity contribution in [3.05, 3.63) is 30.7 Å². The van der Waals surface area contributed by atoms with Crippen LogP contribution in [0.4, 0.5) is 0 Å². The smallest absolute Gasteiger partial charge is 0.224 e. The molecule has 5 rings (SSSR count). The van der Waals surface area contributed by atoms with E-state index in [2.05, 4.69) is 15.3 Å². The van der Waals surface area contributed by atoms with Crippen LogP contribution in [0.3, 0.4) is 0 Å². The molecular formula is C22H29N5O3. The molecule has 30 heavy (non-hydrogen) atoms. The summed E-state index contributed by atoms with van der Waals surface area (Å²) in [5.74, 6) is 1.65. The molecule has 1 amide bonds. The van der Waals surface area contributed by atoms with Crippen LogP contribution in [0.1, 0.15) is 38.1 Å². The minimum Gasteiger partial charge on any atom is -0.396 e. The topological polar surface area (TPSA) is 93.4 Å². The fourth-order valence-corrected chi connectivity index (χ4v) is 4.94. The second-order valence-electron chi connectivity index (χ2n) is 8.97. The number of pyridine rings is 1. The minimum atomic E-state index is -0.0862. The highest BCUT2D eigenvalue weighted by Gasteiger charge is 2.45. The van der Waals surface area contributed by atoms with Crippen molar-refractivity contribution in [2.24, 2.45) is 17.8 Å². The summed E-state index contributed by atoms with van der Waals surface area (Å²) in [6.45, 7) is 2.27. The van der Waals surface area contributed by atoms with Crippen LogP contribution < -0.4 is 0 Å². The van der Waals surface area contributed by atoms with E-state index < -0.39 is 0 Å². The molecule has 4 atom stereocenters. The number of carbonyl (C=O) groups excluding carboxylic acids is 1. The highest BCUT2D eigenvalue weighted by atomic mass is 16.5. The normalized spacial score (nSPS) is 28.5. The van der Waals surface area contributed by atoms with Crippen molar-refractivity contribution in [2.45, 2.75) is 44.2 Å². The standard InChI is InChI=1S/C22H29N5O3/c28-8-5-22(29)26-11-17-9-20(21(10-18(17)12-26)30-14-15-1-2-15)27-13-19(24-25-27)16-3-6-23-7-4-16/h3-4,6-7,13,15,17-18,20-21,28H,1-2,5,8-12,14H2/t17-,18+,20-,21-/m1/s1. The number of aliphatic hydroxyl groups excluding tert-OH is 1. The first-order valence-electron chi connectivity index (χ1n) is 11.0. The third kappa shape index (κ3) is 4.11. The van der Waals surface area contributed by atoms with E-state index in [1.54, 1.807) is 12.4 Å². The van der Waals surface area contributed by atoms with E-state index in [1.165, 1.54) is 12.8 Å². The first-order chi connectivity index (χ1) is 14.7. The Labute approximate surface area is 176 Å². The Morgan fingerprint density at radius 1 is 1.17 bits per heavy atom. The fraction of sp³-hybridized carbons (Fsp3) is 0.636. The van der Waals surface area contributed by atoms with Crippen molar-refractivity contribution in [1.29, 1.82) is 0 Å². The number of fused-ring (bicyclic) bond motifs is 1. The molecule has 0 radical (unpaired) electrons. The lowest BCUT2D eigenvalue weighted by Crippen LogP contribution is -2.38. The van der Waals surface area contributed by atoms with Crippen molar-refractivity contribution in [1.82, 2.24) is 24.9 Å². The maximum Gasteiger partial charge on any atom is 0.224 e. The van der Waals surface area contributed by atoms with E-state index in [-0.39, 0.29) is 31.1 Å². The predicted molar refractivity (Wildman–Crippen MR) is 109 cm³/mol. The third-order valence-electron chi connectivity index (χ3n) is 6.83. The zero-order chi connectivity index (χ0) is 20.5. The highest BCUT2D eigenvalue weighted by molar-refractivity contribution is 5.76. The van der Waals surface area contributed by atoms with Crippen molar-refractivity contribution in [3.63, 3.8) is 0 Å². The second kappa shape index (κ2) is 8.43. The Bertz CT molecular complexity index is 869. The summed E-state index contributed by atoms with van der Waals surface area (Å²) in [5, 5.41) is 18.0. The molecule has 0 aromatic carbocycles. The third-order valence-corrected chi connectivity index (χ3v) is 6.83. The molecule has 2 saturated carbocycles. The van der Waals surface area contributed by atoms with Gasteiger partial charge in [-0.2, -0.15) is 0 Å². The molecule has 2 aromatic heterocycles. The van der Waals surface area contributed by atoms with Gasteiger partial charge in [0.2, 0.25) is 5.91 Å². The minimum absolute atomic E-state index is 0.0552. The first-order valence-corrected chi connectivity index (χ1v) is 11.0. The number of amides is 1. The van der Waals surface area contributed by atoms with Gasteiger partial charge in [0.25, 0.3) is 0 Å². The zero-order valence-corrected chi connectivity index (χ0v) is 17.1. The Balaban J connectivity index is 1.34. The summed E-state index contributed by atoms with van der Waals surface area (Å²) in [5.41, 5.74) is 1.84. The molecule has 1 saturated heterocycles. The number of hydrogen-bond donors (Lipinski definition) is 1. The SMILES string of the molecule is O=C(CCO)N1C[C@H]2C[C@@H](n3cc(-c4ccncc4)nn3)[C@H](OCC3CC3)C[C@H]2C1. The summed E-state index contributed by atoms with van der Waals surface area (Å²) < 4.78 is 8.37. The van der Waals surface area contributed by atoms with E-state index >= 15 is 0 Å². The van der Waals surface area contributed by atoms with Gasteiger partial charge in [0.1, 0.15) is 5.69 Å². The number of aromatic nitrogens is 4. The number of nitrogens with zero attached hydrogens (tertiary/aromatic N) is 5. The monoisotopic (exact) mass is 411 g/mol. The Morgan fingerprint density at radius 2 is 1.93 bits per heavy atom. The van der Waals surface area contributed by atoms with Crippen molar-refractivity contribution >= 4 is 5.91 Å². The summed E-state index contributed by atoms with van der Waals surface area (Å²) >= 11 is 0. The number of ether oxygens (including phenoxy) is 1. The number of aliphatic hydroxyl groups is 1. The summed E-state index contributed by atoms with van der Waals surface area (Å²) in [7, 11) is 0. The van der Waals surface area contributed by atoms with E-state index in [0.29, 0.717) is 17.8 Å². The van der Waals surface area contributed by atoms with E-state index in [1.807, 2.05) is 27.9 Å². The van der Waals surface area contributed by atoms with Gasteiger partial charge >= 0.3 is 0 Å². The maximum atomic E-state index is 12.3. The largest absolute Gasteiger partial charge is 0.396 e. The predicted octanol–water partition coefficient (Wildman–Crippen LogP) is 1.93. The number of rotatable bonds is 7. The molecule has 160 valence electrons. The molecule has 8 nitrogen and oxygen atoms in total. The van der Waals surface area contributed by atoms with Gasteiger partial charge in [-0.05, 0) is 55.6 Å². The summed E-state index contributed by atoms with van der Waals surface area (Å²) in [6.07, 6.45) is 10.2. The van der Waals surface area contributed by atoms with Crippen LogP contribution >= 0.6 is 0 Å². The van der Waals surface area contributed by atoms with E-state index in [4.69, 9.17) is 9.84 Å². The van der Waals surface area contributed by atoms with Crippen molar-refractivity contribution in [2.75, 3.05) is 26.3 Å². The van der Waals surface area contributed by atoms with Crippen LogP contribution in [0, 0.1) is 17.8 Å². The maximum absolute atomic E-state index is 12.3. The van der Waals surface area contributed by atoms with E-state index in [9.17, 15) is 4.79 Å². The number of likely N-dealkylation sites (tertiary alicyclic amines) is 1. The van der Waals surface area contributed by atoms with Gasteiger partial charge in [-0.3, -0.25) is 9.78 Å². The Hall–Kier alpha value is -2.32. The average molecular weight is 412 g/mol. The molecule has 2 aromatic rings. The Kier molecular flexibility index (Phi) is 5.52. The molecule has 1 aliphatic heterocycles. The van der Waals surface area contributed by atoms with Gasteiger partial charge in [0.05, 0.1) is 24.9 Å². The Morgan fingerprint density at radius 3 is 2.67 bits per heavy atom. The molecular weight excluding hydrogens is 382 g/mol. The van der Waals surface area contributed by atoms with Gasteiger partial charge in [0, 0.05) is 44.1 Å². The van der Waals surface area contributed by atoms with Crippen LogP contribution in [-0.4, -0.2) is 68.3 Å².